The lowest BCUT2D eigenvalue weighted by Crippen LogP contribution is -2.13. The number of aromatic nitrogens is 2. The van der Waals surface area contributed by atoms with Crippen LogP contribution in [0.3, 0.4) is 0 Å². The van der Waals surface area contributed by atoms with Gasteiger partial charge in [-0.1, -0.05) is 17.2 Å². The molecule has 0 fully saturated rings. The maximum atomic E-state index is 12.2. The molecule has 2 aromatic carbocycles. The number of nitrogens with zero attached hydrogens (tertiary/aromatic N) is 3. The normalized spacial score (nSPS) is 11.4. The summed E-state index contributed by atoms with van der Waals surface area (Å²) in [5.74, 6) is -0.322. The highest BCUT2D eigenvalue weighted by atomic mass is 32.2. The van der Waals surface area contributed by atoms with Crippen LogP contribution in [0.2, 0.25) is 0 Å². The van der Waals surface area contributed by atoms with Crippen molar-refractivity contribution in [2.24, 2.45) is 0 Å². The molecule has 11 heteroatoms. The van der Waals surface area contributed by atoms with Crippen molar-refractivity contribution in [1.29, 1.82) is 0 Å². The second-order valence-corrected chi connectivity index (χ2v) is 9.18. The van der Waals surface area contributed by atoms with Crippen LogP contribution >= 0.6 is 0 Å². The highest BCUT2D eigenvalue weighted by molar-refractivity contribution is 7.92. The number of benzene rings is 2. The largest absolute Gasteiger partial charge is 0.407 e. The van der Waals surface area contributed by atoms with Crippen LogP contribution in [0.5, 0.6) is 0 Å². The first-order chi connectivity index (χ1) is 14.2. The third kappa shape index (κ3) is 4.69. The van der Waals surface area contributed by atoms with E-state index in [4.69, 9.17) is 4.42 Å². The summed E-state index contributed by atoms with van der Waals surface area (Å²) >= 11 is 0. The van der Waals surface area contributed by atoms with Crippen molar-refractivity contribution < 1.29 is 22.6 Å². The number of sulfone groups is 1. The zero-order valence-electron chi connectivity index (χ0n) is 16.1. The van der Waals surface area contributed by atoms with Gasteiger partial charge in [0, 0.05) is 17.7 Å². The Labute approximate surface area is 172 Å². The Morgan fingerprint density at radius 2 is 1.73 bits per heavy atom. The Morgan fingerprint density at radius 1 is 1.10 bits per heavy atom. The Kier molecular flexibility index (Phi) is 5.92. The van der Waals surface area contributed by atoms with E-state index in [1.165, 1.54) is 36.4 Å². The predicted octanol–water partition coefficient (Wildman–Crippen LogP) is 3.00. The van der Waals surface area contributed by atoms with E-state index in [1.807, 2.05) is 0 Å². The number of amides is 1. The first-order valence-electron chi connectivity index (χ1n) is 8.88. The number of anilines is 1. The van der Waals surface area contributed by atoms with E-state index in [0.717, 1.165) is 5.56 Å². The van der Waals surface area contributed by atoms with Gasteiger partial charge in [0.25, 0.3) is 11.6 Å². The van der Waals surface area contributed by atoms with Gasteiger partial charge in [0.15, 0.2) is 9.84 Å². The molecule has 0 saturated heterocycles. The van der Waals surface area contributed by atoms with Crippen molar-refractivity contribution in [3.05, 3.63) is 75.7 Å². The standard InChI is InChI=1S/C19H18N4O6S/c1-12(2)30(27,28)16-9-3-13(4-10-16)11-17-21-22-19(29-17)20-18(24)14-5-7-15(8-6-14)23(25)26/h3-10,12H,11H2,1-2H3,(H,20,22,24). The van der Waals surface area contributed by atoms with Gasteiger partial charge in [0.2, 0.25) is 5.89 Å². The van der Waals surface area contributed by atoms with Gasteiger partial charge in [0.1, 0.15) is 0 Å². The zero-order chi connectivity index (χ0) is 21.9. The van der Waals surface area contributed by atoms with Crippen LogP contribution in [-0.2, 0) is 16.3 Å². The lowest BCUT2D eigenvalue weighted by molar-refractivity contribution is -0.384. The van der Waals surface area contributed by atoms with Gasteiger partial charge in [-0.05, 0) is 43.7 Å². The van der Waals surface area contributed by atoms with Crippen LogP contribution in [0.25, 0.3) is 0 Å². The van der Waals surface area contributed by atoms with E-state index < -0.39 is 25.9 Å². The van der Waals surface area contributed by atoms with Gasteiger partial charge in [-0.25, -0.2) is 8.42 Å². The van der Waals surface area contributed by atoms with E-state index in [0.29, 0.717) is 0 Å². The van der Waals surface area contributed by atoms with Gasteiger partial charge in [-0.2, -0.15) is 0 Å². The van der Waals surface area contributed by atoms with Gasteiger partial charge in [0.05, 0.1) is 21.5 Å². The molecule has 1 aromatic heterocycles. The van der Waals surface area contributed by atoms with Crippen molar-refractivity contribution in [3.8, 4) is 0 Å². The maximum Gasteiger partial charge on any atom is 0.322 e. The summed E-state index contributed by atoms with van der Waals surface area (Å²) in [6.07, 6.45) is 0.252. The molecule has 3 rings (SSSR count). The summed E-state index contributed by atoms with van der Waals surface area (Å²) in [5, 5.41) is 20.2. The maximum absolute atomic E-state index is 12.2. The quantitative estimate of drug-likeness (QED) is 0.445. The number of rotatable bonds is 7. The van der Waals surface area contributed by atoms with Crippen molar-refractivity contribution in [1.82, 2.24) is 10.2 Å². The Bertz CT molecular complexity index is 1170. The van der Waals surface area contributed by atoms with Crippen LogP contribution in [0, 0.1) is 10.1 Å². The highest BCUT2D eigenvalue weighted by Crippen LogP contribution is 2.19. The highest BCUT2D eigenvalue weighted by Gasteiger charge is 2.19. The predicted molar refractivity (Wildman–Crippen MR) is 107 cm³/mol. The number of hydrogen-bond donors (Lipinski definition) is 1. The van der Waals surface area contributed by atoms with E-state index in [2.05, 4.69) is 15.5 Å². The summed E-state index contributed by atoms with van der Waals surface area (Å²) in [7, 11) is -3.35. The van der Waals surface area contributed by atoms with Crippen LogP contribution in [-0.4, -0.2) is 34.7 Å². The summed E-state index contributed by atoms with van der Waals surface area (Å²) in [6.45, 7) is 3.24. The molecule has 1 N–H and O–H groups in total. The Hall–Kier alpha value is -3.60. The average molecular weight is 430 g/mol. The average Bonchev–Trinajstić information content (AvgIpc) is 3.15. The molecule has 3 aromatic rings. The minimum absolute atomic E-state index is 0.118. The van der Waals surface area contributed by atoms with Crippen LogP contribution in [0.15, 0.2) is 57.8 Å². The molecule has 0 saturated carbocycles. The second kappa shape index (κ2) is 8.41. The molecule has 0 aliphatic heterocycles. The smallest absolute Gasteiger partial charge is 0.322 e. The van der Waals surface area contributed by atoms with Crippen LogP contribution in [0.4, 0.5) is 11.7 Å². The molecule has 0 aliphatic rings. The molecule has 0 spiro atoms. The lowest BCUT2D eigenvalue weighted by atomic mass is 10.1. The van der Waals surface area contributed by atoms with E-state index in [-0.39, 0.29) is 34.5 Å². The van der Waals surface area contributed by atoms with E-state index >= 15 is 0 Å². The fraction of sp³-hybridized carbons (Fsp3) is 0.211. The molecule has 10 nitrogen and oxygen atoms in total. The first kappa shape index (κ1) is 21.1. The van der Waals surface area contributed by atoms with Crippen LogP contribution < -0.4 is 5.32 Å². The van der Waals surface area contributed by atoms with E-state index in [9.17, 15) is 23.3 Å². The van der Waals surface area contributed by atoms with Crippen molar-refractivity contribution in [2.45, 2.75) is 30.4 Å². The third-order valence-electron chi connectivity index (χ3n) is 4.26. The molecular formula is C19H18N4O6S. The Morgan fingerprint density at radius 3 is 2.30 bits per heavy atom. The minimum atomic E-state index is -3.35. The molecular weight excluding hydrogens is 412 g/mol. The van der Waals surface area contributed by atoms with E-state index in [1.54, 1.807) is 26.0 Å². The summed E-state index contributed by atoms with van der Waals surface area (Å²) in [4.78, 5) is 22.5. The second-order valence-electron chi connectivity index (χ2n) is 6.67. The van der Waals surface area contributed by atoms with Gasteiger partial charge in [-0.15, -0.1) is 5.10 Å². The molecule has 0 bridgehead atoms. The minimum Gasteiger partial charge on any atom is -0.407 e. The number of non-ortho nitro benzene ring substituents is 1. The first-order valence-corrected chi connectivity index (χ1v) is 10.4. The topological polar surface area (TPSA) is 145 Å². The fourth-order valence-corrected chi connectivity index (χ4v) is 3.58. The fourth-order valence-electron chi connectivity index (χ4n) is 2.52. The lowest BCUT2D eigenvalue weighted by Gasteiger charge is -2.08. The number of nitro benzene ring substituents is 1. The van der Waals surface area contributed by atoms with Gasteiger partial charge in [-0.3, -0.25) is 20.2 Å². The number of nitrogens with one attached hydrogen (secondary N) is 1. The van der Waals surface area contributed by atoms with Crippen molar-refractivity contribution in [2.75, 3.05) is 5.32 Å². The summed E-state index contributed by atoms with van der Waals surface area (Å²) < 4.78 is 29.7. The Balaban J connectivity index is 1.65. The molecule has 156 valence electrons. The van der Waals surface area contributed by atoms with Gasteiger partial charge < -0.3 is 4.42 Å². The summed E-state index contributed by atoms with van der Waals surface area (Å²) in [6, 6.07) is 11.3. The molecule has 1 amide bonds. The molecule has 30 heavy (non-hydrogen) atoms. The SMILES string of the molecule is CC(C)S(=O)(=O)c1ccc(Cc2nnc(NC(=O)c3ccc([N+](=O)[O-])cc3)o2)cc1. The van der Waals surface area contributed by atoms with Gasteiger partial charge >= 0.3 is 6.01 Å². The molecule has 0 atom stereocenters. The number of nitro groups is 1. The molecule has 0 radical (unpaired) electrons. The van der Waals surface area contributed by atoms with Crippen molar-refractivity contribution >= 4 is 27.4 Å². The molecule has 0 unspecified atom stereocenters. The number of carbonyl (C=O) groups is 1. The zero-order valence-corrected chi connectivity index (χ0v) is 16.9. The van der Waals surface area contributed by atoms with Crippen molar-refractivity contribution in [3.63, 3.8) is 0 Å². The number of carbonyl (C=O) groups excluding carboxylic acids is 1. The molecule has 1 heterocycles. The monoisotopic (exact) mass is 430 g/mol. The molecule has 0 aliphatic carbocycles. The number of hydrogen-bond acceptors (Lipinski definition) is 8. The van der Waals surface area contributed by atoms with Crippen LogP contribution in [0.1, 0.15) is 35.7 Å². The summed E-state index contributed by atoms with van der Waals surface area (Å²) in [5.41, 5.74) is 0.829. The third-order valence-corrected chi connectivity index (χ3v) is 6.43.